The van der Waals surface area contributed by atoms with E-state index < -0.39 is 0 Å². The SMILES string of the molecule is COc1cc2c(cc1OC)C(c1ncccc1C)NCC2. The van der Waals surface area contributed by atoms with E-state index in [4.69, 9.17) is 9.47 Å². The van der Waals surface area contributed by atoms with E-state index in [9.17, 15) is 0 Å². The molecule has 0 radical (unpaired) electrons. The summed E-state index contributed by atoms with van der Waals surface area (Å²) in [6.45, 7) is 3.03. The maximum absolute atomic E-state index is 5.44. The van der Waals surface area contributed by atoms with Crippen LogP contribution in [0.3, 0.4) is 0 Å². The van der Waals surface area contributed by atoms with Crippen molar-refractivity contribution in [3.05, 3.63) is 52.8 Å². The fourth-order valence-corrected chi connectivity index (χ4v) is 2.93. The quantitative estimate of drug-likeness (QED) is 0.941. The number of methoxy groups -OCH3 is 2. The number of nitrogens with one attached hydrogen (secondary N) is 1. The number of hydrogen-bond acceptors (Lipinski definition) is 4. The number of rotatable bonds is 3. The second-order valence-electron chi connectivity index (χ2n) is 5.25. The largest absolute Gasteiger partial charge is 0.493 e. The van der Waals surface area contributed by atoms with Gasteiger partial charge in [-0.05, 0) is 48.2 Å². The molecule has 1 atom stereocenters. The second kappa shape index (κ2) is 5.74. The number of aryl methyl sites for hydroxylation is 1. The van der Waals surface area contributed by atoms with Gasteiger partial charge in [-0.3, -0.25) is 4.98 Å². The first-order valence-electron chi connectivity index (χ1n) is 7.14. The molecule has 4 heteroatoms. The molecule has 1 unspecified atom stereocenters. The van der Waals surface area contributed by atoms with Gasteiger partial charge in [-0.25, -0.2) is 0 Å². The van der Waals surface area contributed by atoms with E-state index in [1.807, 2.05) is 12.3 Å². The number of aromatic nitrogens is 1. The van der Waals surface area contributed by atoms with Crippen molar-refractivity contribution in [2.24, 2.45) is 0 Å². The summed E-state index contributed by atoms with van der Waals surface area (Å²) in [5.74, 6) is 1.55. The lowest BCUT2D eigenvalue weighted by atomic mass is 9.90. The fraction of sp³-hybridized carbons (Fsp3) is 0.353. The minimum absolute atomic E-state index is 0.106. The molecule has 4 nitrogen and oxygen atoms in total. The molecule has 0 fully saturated rings. The van der Waals surface area contributed by atoms with E-state index in [1.165, 1.54) is 16.7 Å². The molecular weight excluding hydrogens is 264 g/mol. The topological polar surface area (TPSA) is 43.4 Å². The van der Waals surface area contributed by atoms with Crippen LogP contribution in [-0.2, 0) is 6.42 Å². The van der Waals surface area contributed by atoms with Gasteiger partial charge in [0.1, 0.15) is 0 Å². The van der Waals surface area contributed by atoms with E-state index in [-0.39, 0.29) is 6.04 Å². The first-order valence-corrected chi connectivity index (χ1v) is 7.14. The van der Waals surface area contributed by atoms with Gasteiger partial charge < -0.3 is 14.8 Å². The summed E-state index contributed by atoms with van der Waals surface area (Å²) < 4.78 is 10.8. The summed E-state index contributed by atoms with van der Waals surface area (Å²) in [5, 5.41) is 3.56. The highest BCUT2D eigenvalue weighted by Gasteiger charge is 2.25. The van der Waals surface area contributed by atoms with Gasteiger partial charge in [-0.2, -0.15) is 0 Å². The highest BCUT2D eigenvalue weighted by molar-refractivity contribution is 5.51. The van der Waals surface area contributed by atoms with Crippen LogP contribution in [0.2, 0.25) is 0 Å². The lowest BCUT2D eigenvalue weighted by Crippen LogP contribution is -2.31. The third kappa shape index (κ3) is 2.47. The van der Waals surface area contributed by atoms with Gasteiger partial charge in [0, 0.05) is 12.7 Å². The molecule has 3 rings (SSSR count). The normalized spacial score (nSPS) is 17.2. The van der Waals surface area contributed by atoms with Crippen molar-refractivity contribution < 1.29 is 9.47 Å². The summed E-state index contributed by atoms with van der Waals surface area (Å²) in [6, 6.07) is 8.32. The van der Waals surface area contributed by atoms with Gasteiger partial charge in [-0.15, -0.1) is 0 Å². The van der Waals surface area contributed by atoms with Crippen molar-refractivity contribution in [3.8, 4) is 11.5 Å². The molecule has 0 spiro atoms. The zero-order chi connectivity index (χ0) is 14.8. The molecule has 1 aliphatic rings. The Morgan fingerprint density at radius 1 is 1.19 bits per heavy atom. The van der Waals surface area contributed by atoms with Gasteiger partial charge in [0.25, 0.3) is 0 Å². The molecule has 1 aromatic heterocycles. The average molecular weight is 284 g/mol. The van der Waals surface area contributed by atoms with Gasteiger partial charge in [0.05, 0.1) is 26.0 Å². The molecule has 2 aromatic rings. The predicted octanol–water partition coefficient (Wildman–Crippen LogP) is 2.64. The van der Waals surface area contributed by atoms with Crippen LogP contribution in [0.5, 0.6) is 11.5 Å². The molecule has 1 aliphatic heterocycles. The molecule has 0 bridgehead atoms. The van der Waals surface area contributed by atoms with Crippen molar-refractivity contribution >= 4 is 0 Å². The third-order valence-corrected chi connectivity index (χ3v) is 4.02. The number of hydrogen-bond donors (Lipinski definition) is 1. The van der Waals surface area contributed by atoms with Gasteiger partial charge in [-0.1, -0.05) is 6.07 Å². The second-order valence-corrected chi connectivity index (χ2v) is 5.25. The Morgan fingerprint density at radius 2 is 1.95 bits per heavy atom. The highest BCUT2D eigenvalue weighted by Crippen LogP contribution is 2.37. The van der Waals surface area contributed by atoms with Gasteiger partial charge in [0.15, 0.2) is 11.5 Å². The van der Waals surface area contributed by atoms with Gasteiger partial charge >= 0.3 is 0 Å². The van der Waals surface area contributed by atoms with Crippen LogP contribution < -0.4 is 14.8 Å². The first kappa shape index (κ1) is 13.9. The van der Waals surface area contributed by atoms with E-state index >= 15 is 0 Å². The lowest BCUT2D eigenvalue weighted by molar-refractivity contribution is 0.352. The zero-order valence-electron chi connectivity index (χ0n) is 12.6. The minimum atomic E-state index is 0.106. The number of fused-ring (bicyclic) bond motifs is 1. The van der Waals surface area contributed by atoms with Crippen LogP contribution in [-0.4, -0.2) is 25.7 Å². The van der Waals surface area contributed by atoms with Crippen LogP contribution in [0.15, 0.2) is 30.5 Å². The number of nitrogens with zero attached hydrogens (tertiary/aromatic N) is 1. The average Bonchev–Trinajstić information content (AvgIpc) is 2.53. The van der Waals surface area contributed by atoms with Crippen LogP contribution in [0, 0.1) is 6.92 Å². The first-order chi connectivity index (χ1) is 10.2. The lowest BCUT2D eigenvalue weighted by Gasteiger charge is -2.28. The Labute approximate surface area is 125 Å². The summed E-state index contributed by atoms with van der Waals surface area (Å²) in [5.41, 5.74) is 4.78. The summed E-state index contributed by atoms with van der Waals surface area (Å²) >= 11 is 0. The number of pyridine rings is 1. The Balaban J connectivity index is 2.11. The van der Waals surface area contributed by atoms with Crippen molar-refractivity contribution in [1.29, 1.82) is 0 Å². The summed E-state index contributed by atoms with van der Waals surface area (Å²) in [6.07, 6.45) is 2.83. The van der Waals surface area contributed by atoms with Crippen LogP contribution in [0.25, 0.3) is 0 Å². The summed E-state index contributed by atoms with van der Waals surface area (Å²) in [7, 11) is 3.34. The Kier molecular flexibility index (Phi) is 3.80. The van der Waals surface area contributed by atoms with Crippen molar-refractivity contribution in [1.82, 2.24) is 10.3 Å². The molecule has 0 amide bonds. The van der Waals surface area contributed by atoms with E-state index in [1.54, 1.807) is 14.2 Å². The van der Waals surface area contributed by atoms with Crippen molar-refractivity contribution in [2.45, 2.75) is 19.4 Å². The zero-order valence-corrected chi connectivity index (χ0v) is 12.6. The third-order valence-electron chi connectivity index (χ3n) is 4.02. The smallest absolute Gasteiger partial charge is 0.161 e. The maximum atomic E-state index is 5.44. The monoisotopic (exact) mass is 284 g/mol. The standard InChI is InChI=1S/C17H20N2O2/c1-11-5-4-7-18-16(11)17-13-10-15(21-3)14(20-2)9-12(13)6-8-19-17/h4-5,7,9-10,17,19H,6,8H2,1-3H3. The number of ether oxygens (including phenoxy) is 2. The Morgan fingerprint density at radius 3 is 2.67 bits per heavy atom. The molecule has 0 saturated heterocycles. The molecule has 1 aromatic carbocycles. The Hall–Kier alpha value is -2.07. The Bertz CT molecular complexity index is 655. The maximum Gasteiger partial charge on any atom is 0.161 e. The van der Waals surface area contributed by atoms with E-state index in [0.717, 1.165) is 30.2 Å². The van der Waals surface area contributed by atoms with E-state index in [2.05, 4.69) is 35.4 Å². The minimum Gasteiger partial charge on any atom is -0.493 e. The molecule has 0 saturated carbocycles. The molecule has 110 valence electrons. The van der Waals surface area contributed by atoms with Crippen LogP contribution in [0.1, 0.15) is 28.4 Å². The molecule has 21 heavy (non-hydrogen) atoms. The molecule has 2 heterocycles. The van der Waals surface area contributed by atoms with Gasteiger partial charge in [0.2, 0.25) is 0 Å². The fourth-order valence-electron chi connectivity index (χ4n) is 2.93. The molecular formula is C17H20N2O2. The van der Waals surface area contributed by atoms with Crippen LogP contribution >= 0.6 is 0 Å². The molecule has 0 aliphatic carbocycles. The summed E-state index contributed by atoms with van der Waals surface area (Å²) in [4.78, 5) is 4.56. The van der Waals surface area contributed by atoms with E-state index in [0.29, 0.717) is 0 Å². The van der Waals surface area contributed by atoms with Crippen molar-refractivity contribution in [2.75, 3.05) is 20.8 Å². The highest BCUT2D eigenvalue weighted by atomic mass is 16.5. The molecule has 1 N–H and O–H groups in total. The number of benzene rings is 1. The predicted molar refractivity (Wildman–Crippen MR) is 82.1 cm³/mol. The van der Waals surface area contributed by atoms with Crippen LogP contribution in [0.4, 0.5) is 0 Å². The van der Waals surface area contributed by atoms with Crippen molar-refractivity contribution in [3.63, 3.8) is 0 Å².